The number of nitrogens with zero attached hydrogens (tertiary/aromatic N) is 1. The highest BCUT2D eigenvalue weighted by Crippen LogP contribution is 2.31. The molecule has 2 rings (SSSR count). The molecule has 0 aliphatic rings. The Morgan fingerprint density at radius 2 is 1.71 bits per heavy atom. The van der Waals surface area contributed by atoms with E-state index in [1.807, 2.05) is 30.3 Å². The maximum absolute atomic E-state index is 5.84. The third-order valence-corrected chi connectivity index (χ3v) is 2.50. The van der Waals surface area contributed by atoms with Gasteiger partial charge in [0.25, 0.3) is 0 Å². The van der Waals surface area contributed by atoms with E-state index in [0.717, 1.165) is 22.6 Å². The zero-order valence-electron chi connectivity index (χ0n) is 9.81. The topological polar surface area (TPSA) is 57.4 Å². The van der Waals surface area contributed by atoms with E-state index in [0.29, 0.717) is 5.82 Å². The van der Waals surface area contributed by atoms with Crippen molar-refractivity contribution >= 4 is 5.82 Å². The molecule has 4 nitrogen and oxygen atoms in total. The minimum absolute atomic E-state index is 0.489. The average molecular weight is 230 g/mol. The van der Waals surface area contributed by atoms with Crippen molar-refractivity contribution < 1.29 is 9.47 Å². The van der Waals surface area contributed by atoms with Crippen LogP contribution >= 0.6 is 0 Å². The fourth-order valence-corrected chi connectivity index (χ4v) is 1.62. The lowest BCUT2D eigenvalue weighted by molar-refractivity contribution is 0.394. The zero-order valence-corrected chi connectivity index (χ0v) is 9.81. The number of rotatable bonds is 3. The van der Waals surface area contributed by atoms with Crippen LogP contribution in [0, 0.1) is 0 Å². The molecule has 0 saturated carbocycles. The lowest BCUT2D eigenvalue weighted by Crippen LogP contribution is -1.94. The van der Waals surface area contributed by atoms with Gasteiger partial charge < -0.3 is 15.2 Å². The van der Waals surface area contributed by atoms with Crippen LogP contribution in [-0.4, -0.2) is 19.2 Å². The second-order valence-electron chi connectivity index (χ2n) is 3.54. The van der Waals surface area contributed by atoms with Crippen LogP contribution in [0.2, 0.25) is 0 Å². The Hall–Kier alpha value is -2.23. The van der Waals surface area contributed by atoms with E-state index in [1.165, 1.54) is 0 Å². The lowest BCUT2D eigenvalue weighted by Gasteiger charge is -2.09. The fraction of sp³-hybridized carbons (Fsp3) is 0.154. The first-order valence-corrected chi connectivity index (χ1v) is 5.18. The summed E-state index contributed by atoms with van der Waals surface area (Å²) < 4.78 is 10.4. The number of hydrogen-bond acceptors (Lipinski definition) is 4. The maximum Gasteiger partial charge on any atom is 0.131 e. The number of nitrogen functional groups attached to an aromatic ring is 1. The quantitative estimate of drug-likeness (QED) is 0.879. The molecule has 2 N–H and O–H groups in total. The highest BCUT2D eigenvalue weighted by Gasteiger charge is 2.07. The molecule has 1 aromatic carbocycles. The van der Waals surface area contributed by atoms with Crippen molar-refractivity contribution in [1.82, 2.24) is 4.98 Å². The Morgan fingerprint density at radius 3 is 2.24 bits per heavy atom. The number of methoxy groups -OCH3 is 2. The van der Waals surface area contributed by atoms with E-state index >= 15 is 0 Å². The predicted octanol–water partition coefficient (Wildman–Crippen LogP) is 2.35. The van der Waals surface area contributed by atoms with Crippen molar-refractivity contribution in [2.24, 2.45) is 0 Å². The van der Waals surface area contributed by atoms with Gasteiger partial charge in [0.2, 0.25) is 0 Å². The van der Waals surface area contributed by atoms with E-state index in [2.05, 4.69) is 4.98 Å². The van der Waals surface area contributed by atoms with Crippen LogP contribution < -0.4 is 15.2 Å². The van der Waals surface area contributed by atoms with Gasteiger partial charge in [0.15, 0.2) is 0 Å². The molecule has 0 atom stereocenters. The van der Waals surface area contributed by atoms with E-state index in [1.54, 1.807) is 20.4 Å². The Bertz CT molecular complexity index is 504. The Labute approximate surface area is 100 Å². The smallest absolute Gasteiger partial charge is 0.131 e. The van der Waals surface area contributed by atoms with Gasteiger partial charge in [0.05, 0.1) is 14.2 Å². The second kappa shape index (κ2) is 4.74. The number of hydrogen-bond donors (Lipinski definition) is 1. The SMILES string of the molecule is COc1cc(OC)cc(-c2cccnc2N)c1. The molecule has 0 amide bonds. The molecule has 0 aliphatic carbocycles. The fourth-order valence-electron chi connectivity index (χ4n) is 1.62. The van der Waals surface area contributed by atoms with Crippen LogP contribution in [0.25, 0.3) is 11.1 Å². The van der Waals surface area contributed by atoms with Crippen LogP contribution in [0.1, 0.15) is 0 Å². The summed E-state index contributed by atoms with van der Waals surface area (Å²) in [6, 6.07) is 9.37. The third-order valence-electron chi connectivity index (χ3n) is 2.50. The summed E-state index contributed by atoms with van der Waals surface area (Å²) in [5.74, 6) is 1.94. The van der Waals surface area contributed by atoms with Crippen LogP contribution in [0.4, 0.5) is 5.82 Å². The summed E-state index contributed by atoms with van der Waals surface area (Å²) >= 11 is 0. The third kappa shape index (κ3) is 2.30. The van der Waals surface area contributed by atoms with Gasteiger partial charge in [-0.05, 0) is 29.8 Å². The summed E-state index contributed by atoms with van der Waals surface area (Å²) in [4.78, 5) is 4.06. The van der Waals surface area contributed by atoms with Crippen molar-refractivity contribution in [3.63, 3.8) is 0 Å². The summed E-state index contributed by atoms with van der Waals surface area (Å²) in [6.45, 7) is 0. The second-order valence-corrected chi connectivity index (χ2v) is 3.54. The Balaban J connectivity index is 2.55. The molecular formula is C13H14N2O2. The normalized spacial score (nSPS) is 10.0. The van der Waals surface area contributed by atoms with Gasteiger partial charge in [-0.3, -0.25) is 0 Å². The average Bonchev–Trinajstić information content (AvgIpc) is 2.38. The van der Waals surface area contributed by atoms with Crippen LogP contribution in [-0.2, 0) is 0 Å². The number of anilines is 1. The summed E-state index contributed by atoms with van der Waals surface area (Å²) in [5, 5.41) is 0. The summed E-state index contributed by atoms with van der Waals surface area (Å²) in [7, 11) is 3.23. The number of aromatic nitrogens is 1. The molecule has 0 fully saturated rings. The Morgan fingerprint density at radius 1 is 1.06 bits per heavy atom. The van der Waals surface area contributed by atoms with Gasteiger partial charge >= 0.3 is 0 Å². The predicted molar refractivity (Wildman–Crippen MR) is 67.2 cm³/mol. The number of benzene rings is 1. The van der Waals surface area contributed by atoms with E-state index in [4.69, 9.17) is 15.2 Å². The monoisotopic (exact) mass is 230 g/mol. The van der Waals surface area contributed by atoms with Crippen molar-refractivity contribution in [2.45, 2.75) is 0 Å². The number of pyridine rings is 1. The largest absolute Gasteiger partial charge is 0.497 e. The molecule has 1 aromatic heterocycles. The number of nitrogens with two attached hydrogens (primary N) is 1. The van der Waals surface area contributed by atoms with Gasteiger partial charge in [-0.2, -0.15) is 0 Å². The molecule has 1 heterocycles. The standard InChI is InChI=1S/C13H14N2O2/c1-16-10-6-9(7-11(8-10)17-2)12-4-3-5-15-13(12)14/h3-8H,1-2H3,(H2,14,15). The molecule has 0 saturated heterocycles. The molecule has 88 valence electrons. The lowest BCUT2D eigenvalue weighted by atomic mass is 10.1. The molecule has 2 aromatic rings. The first kappa shape index (κ1) is 11.3. The zero-order chi connectivity index (χ0) is 12.3. The van der Waals surface area contributed by atoms with Crippen molar-refractivity contribution in [3.05, 3.63) is 36.5 Å². The van der Waals surface area contributed by atoms with Crippen molar-refractivity contribution in [3.8, 4) is 22.6 Å². The molecule has 17 heavy (non-hydrogen) atoms. The van der Waals surface area contributed by atoms with Gasteiger partial charge in [0, 0.05) is 17.8 Å². The molecule has 0 unspecified atom stereocenters. The summed E-state index contributed by atoms with van der Waals surface area (Å²) in [5.41, 5.74) is 7.63. The molecule has 0 spiro atoms. The minimum Gasteiger partial charge on any atom is -0.497 e. The highest BCUT2D eigenvalue weighted by atomic mass is 16.5. The van der Waals surface area contributed by atoms with Gasteiger partial charge in [-0.15, -0.1) is 0 Å². The van der Waals surface area contributed by atoms with Crippen LogP contribution in [0.15, 0.2) is 36.5 Å². The van der Waals surface area contributed by atoms with Gasteiger partial charge in [0.1, 0.15) is 17.3 Å². The summed E-state index contributed by atoms with van der Waals surface area (Å²) in [6.07, 6.45) is 1.66. The molecule has 4 heteroatoms. The molecule has 0 aliphatic heterocycles. The van der Waals surface area contributed by atoms with Crippen LogP contribution in [0.5, 0.6) is 11.5 Å². The number of ether oxygens (including phenoxy) is 2. The maximum atomic E-state index is 5.84. The first-order valence-electron chi connectivity index (χ1n) is 5.18. The Kier molecular flexibility index (Phi) is 3.14. The van der Waals surface area contributed by atoms with Gasteiger partial charge in [-0.1, -0.05) is 0 Å². The van der Waals surface area contributed by atoms with Crippen LogP contribution in [0.3, 0.4) is 0 Å². The first-order chi connectivity index (χ1) is 8.24. The molecule has 0 bridgehead atoms. The van der Waals surface area contributed by atoms with Crippen molar-refractivity contribution in [1.29, 1.82) is 0 Å². The van der Waals surface area contributed by atoms with Crippen molar-refractivity contribution in [2.75, 3.05) is 20.0 Å². The highest BCUT2D eigenvalue weighted by molar-refractivity contribution is 5.75. The minimum atomic E-state index is 0.489. The van der Waals surface area contributed by atoms with E-state index < -0.39 is 0 Å². The van der Waals surface area contributed by atoms with E-state index in [-0.39, 0.29) is 0 Å². The van der Waals surface area contributed by atoms with E-state index in [9.17, 15) is 0 Å². The van der Waals surface area contributed by atoms with Gasteiger partial charge in [-0.25, -0.2) is 4.98 Å². The molecule has 0 radical (unpaired) electrons. The molecular weight excluding hydrogens is 216 g/mol.